The van der Waals surface area contributed by atoms with Gasteiger partial charge in [0.25, 0.3) is 23.6 Å². The van der Waals surface area contributed by atoms with Crippen LogP contribution in [0, 0.1) is 17.9 Å². The first-order valence-electron chi connectivity index (χ1n) is 25.5. The number of nitriles is 1. The van der Waals surface area contributed by atoms with E-state index in [4.69, 9.17) is 23.3 Å². The smallest absolute Gasteiger partial charge is 0.257 e. The zero-order valence-corrected chi connectivity index (χ0v) is 49.8. The third kappa shape index (κ3) is 14.7. The van der Waals surface area contributed by atoms with Crippen molar-refractivity contribution in [3.05, 3.63) is 236 Å². The van der Waals surface area contributed by atoms with Crippen LogP contribution in [0.2, 0.25) is 0 Å². The van der Waals surface area contributed by atoms with Gasteiger partial charge in [0.15, 0.2) is 5.69 Å². The summed E-state index contributed by atoms with van der Waals surface area (Å²) in [6.45, 7) is 7.79. The summed E-state index contributed by atoms with van der Waals surface area (Å²) in [5.74, 6) is -2.49. The van der Waals surface area contributed by atoms with E-state index in [0.29, 0.717) is 28.4 Å². The number of hydrogen-bond donors (Lipinski definition) is 6. The number of nitrogens with one attached hydrogen (secondary N) is 4. The Labute approximate surface area is 530 Å². The molecule has 0 aliphatic carbocycles. The van der Waals surface area contributed by atoms with Crippen LogP contribution in [0.3, 0.4) is 0 Å². The highest BCUT2D eigenvalue weighted by molar-refractivity contribution is 7.92. The number of benzene rings is 7. The highest BCUT2D eigenvalue weighted by Crippen LogP contribution is 2.37. The van der Waals surface area contributed by atoms with Gasteiger partial charge in [-0.15, -0.1) is 46.4 Å². The number of aromatic nitrogens is 3. The molecule has 5 amide bonds. The molecule has 8 N–H and O–H groups in total. The molecule has 0 fully saturated rings. The topological polar surface area (TPSA) is 321 Å². The van der Waals surface area contributed by atoms with Gasteiger partial charge in [0.2, 0.25) is 25.6 Å². The summed E-state index contributed by atoms with van der Waals surface area (Å²) in [5.41, 5.74) is 15.7. The molecule has 0 atom stereocenters. The van der Waals surface area contributed by atoms with E-state index in [-0.39, 0.29) is 93.6 Å². The Bertz CT molecular complexity index is 4650. The number of primary amides is 1. The predicted octanol–water partition coefficient (Wildman–Crippen LogP) is 11.8. The van der Waals surface area contributed by atoms with Crippen LogP contribution in [-0.4, -0.2) is 61.3 Å². The minimum Gasteiger partial charge on any atom is -0.366 e. The van der Waals surface area contributed by atoms with E-state index in [1.54, 1.807) is 103 Å². The van der Waals surface area contributed by atoms with Crippen LogP contribution in [0.5, 0.6) is 0 Å². The summed E-state index contributed by atoms with van der Waals surface area (Å²) in [4.78, 5) is 80.8. The molecule has 2 aliphatic rings. The summed E-state index contributed by atoms with van der Waals surface area (Å²) in [6.07, 6.45) is 5.10. The summed E-state index contributed by atoms with van der Waals surface area (Å²) in [5, 5.41) is 22.1. The van der Waals surface area contributed by atoms with Crippen molar-refractivity contribution in [2.45, 2.75) is 54.1 Å². The molecule has 450 valence electrons. The fourth-order valence-corrected chi connectivity index (χ4v) is 14.4. The van der Waals surface area contributed by atoms with Crippen molar-refractivity contribution in [1.82, 2.24) is 25.6 Å². The molecular formula is C63H52ClN11O9S5. The average Bonchev–Trinajstić information content (AvgIpc) is 1.82. The molecule has 7 aromatic carbocycles. The number of carbonyl (C=O) groups is 5. The fourth-order valence-electron chi connectivity index (χ4n) is 8.66. The van der Waals surface area contributed by atoms with Gasteiger partial charge in [-0.1, -0.05) is 87.6 Å². The molecule has 26 heteroatoms. The zero-order valence-electron chi connectivity index (χ0n) is 44.9. The Morgan fingerprint density at radius 1 is 0.551 bits per heavy atom. The highest BCUT2D eigenvalue weighted by Gasteiger charge is 2.33. The lowest BCUT2D eigenvalue weighted by Gasteiger charge is -2.10. The van der Waals surface area contributed by atoms with Crippen molar-refractivity contribution in [1.29, 1.82) is 5.26 Å². The second kappa shape index (κ2) is 28.6. The predicted molar refractivity (Wildman–Crippen MR) is 346 cm³/mol. The normalized spacial score (nSPS) is 12.5. The summed E-state index contributed by atoms with van der Waals surface area (Å²) >= 11 is 4.37. The molecule has 0 bridgehead atoms. The van der Waals surface area contributed by atoms with E-state index in [9.17, 15) is 40.8 Å². The quantitative estimate of drug-likeness (QED) is 0.0656. The second-order valence-electron chi connectivity index (χ2n) is 18.6. The van der Waals surface area contributed by atoms with E-state index in [0.717, 1.165) is 41.3 Å². The van der Waals surface area contributed by atoms with E-state index >= 15 is 0 Å². The number of carbonyl (C=O) groups excluding carboxylic acids is 5. The van der Waals surface area contributed by atoms with Gasteiger partial charge >= 0.3 is 0 Å². The first kappa shape index (κ1) is 66.4. The first-order chi connectivity index (χ1) is 41.4. The molecule has 10 aromatic rings. The van der Waals surface area contributed by atoms with Crippen LogP contribution >= 0.6 is 46.4 Å². The van der Waals surface area contributed by atoms with Gasteiger partial charge < -0.3 is 32.7 Å². The van der Waals surface area contributed by atoms with Crippen LogP contribution in [0.4, 0.5) is 17.1 Å². The van der Waals surface area contributed by atoms with Crippen molar-refractivity contribution in [2.24, 2.45) is 11.5 Å². The van der Waals surface area contributed by atoms with E-state index in [1.807, 2.05) is 24.3 Å². The molecule has 0 unspecified atom stereocenters. The van der Waals surface area contributed by atoms with Crippen LogP contribution in [0.1, 0.15) is 86.8 Å². The Morgan fingerprint density at radius 3 is 1.33 bits per heavy atom. The number of halogens is 1. The Hall–Kier alpha value is -10.1. The maximum Gasteiger partial charge on any atom is 0.257 e. The van der Waals surface area contributed by atoms with Crippen LogP contribution in [-0.2, 0) is 39.3 Å². The van der Waals surface area contributed by atoms with Gasteiger partial charge in [-0.05, 0) is 84.9 Å². The van der Waals surface area contributed by atoms with E-state index in [2.05, 4.69) is 47.1 Å². The van der Waals surface area contributed by atoms with Gasteiger partial charge in [-0.2, -0.15) is 5.26 Å². The Balaban J connectivity index is 0.000000201. The molecule has 0 spiro atoms. The number of nitrogens with two attached hydrogens (primary N) is 2. The summed E-state index contributed by atoms with van der Waals surface area (Å²) in [7, 11) is -7.88. The minimum atomic E-state index is -3.95. The number of amides is 5. The maximum absolute atomic E-state index is 13.1. The maximum atomic E-state index is 13.1. The second-order valence-corrected chi connectivity index (χ2v) is 25.7. The third-order valence-electron chi connectivity index (χ3n) is 13.0. The first-order valence-corrected chi connectivity index (χ1v) is 30.9. The number of thiazole rings is 3. The molecule has 0 radical (unpaired) electrons. The van der Waals surface area contributed by atoms with Gasteiger partial charge in [0.1, 0.15) is 15.0 Å². The molecule has 20 nitrogen and oxygen atoms in total. The van der Waals surface area contributed by atoms with Gasteiger partial charge in [-0.3, -0.25) is 24.0 Å². The molecule has 2 aliphatic heterocycles. The molecule has 89 heavy (non-hydrogen) atoms. The SMILES string of the molecule is C.C.Cl.N#Cc1ccc(-c2ncc(CNC(=O)c3ccc4c(c3)NC(=O)c3ccccc3S4(=O)=O)s2)cc1.NC(=O)c1ccc(-c2ncc(CNC(=O)c3ccc4c(c3)NC(=O)c3ccccc3S4(=O)=O)s2)cc1.[C-]#[N+]c1ccc(-c2ncc(CN)s2)cc1. The van der Waals surface area contributed by atoms with Crippen LogP contribution in [0.25, 0.3) is 36.6 Å². The number of sulfone groups is 2. The van der Waals surface area contributed by atoms with Gasteiger partial charge in [-0.25, -0.2) is 36.6 Å². The standard InChI is InChI=1S/C25H18N4O5S2.C25H16N4O4S2.C11H9N3S.2CH4.ClH/c26-22(30)14-5-7-15(8-6-14)25-28-13-17(35-25)12-27-23(31)16-9-10-21-19(11-16)29-24(32)18-3-1-2-4-20(18)36(21,33)34;26-12-15-5-7-16(8-6-15)25-28-14-18(34-25)13-27-23(30)17-9-10-22-20(11-17)29-24(31)19-3-1-2-4-21(19)35(22,32)33;1-13-9-4-2-8(3-5-9)11-14-7-10(6-12)15-11;;;/h1-11,13H,12H2,(H2,26,30)(H,27,31)(H,29,32);1-11,14H,13H2,(H,27,30)(H,29,31);2-5,7H,6,12H2;2*1H4;1H. The van der Waals surface area contributed by atoms with Crippen molar-refractivity contribution in [3.8, 4) is 37.8 Å². The third-order valence-corrected chi connectivity index (χ3v) is 19.9. The minimum absolute atomic E-state index is 0. The van der Waals surface area contributed by atoms with Gasteiger partial charge in [0.05, 0.1) is 73.4 Å². The summed E-state index contributed by atoms with van der Waals surface area (Å²) < 4.78 is 52.4. The van der Waals surface area contributed by atoms with E-state index in [1.165, 1.54) is 83.3 Å². The Morgan fingerprint density at radius 2 is 0.933 bits per heavy atom. The lowest BCUT2D eigenvalue weighted by atomic mass is 10.1. The zero-order chi connectivity index (χ0) is 60.7. The van der Waals surface area contributed by atoms with Crippen LogP contribution < -0.4 is 32.7 Å². The molecule has 12 rings (SSSR count). The van der Waals surface area contributed by atoms with Gasteiger partial charge in [0, 0.05) is 73.1 Å². The van der Waals surface area contributed by atoms with Crippen molar-refractivity contribution in [3.63, 3.8) is 0 Å². The average molecular weight is 1300 g/mol. The highest BCUT2D eigenvalue weighted by atomic mass is 35.5. The van der Waals surface area contributed by atoms with Crippen LogP contribution in [0.15, 0.2) is 196 Å². The largest absolute Gasteiger partial charge is 0.366 e. The van der Waals surface area contributed by atoms with Crippen molar-refractivity contribution in [2.75, 3.05) is 10.6 Å². The number of fused-ring (bicyclic) bond motifs is 4. The number of anilines is 2. The number of rotatable bonds is 11. The fraction of sp³-hybridized carbons (Fsp3) is 0.0794. The molecular weight excluding hydrogens is 1250 g/mol. The molecule has 3 aromatic heterocycles. The monoisotopic (exact) mass is 1300 g/mol. The molecule has 0 saturated carbocycles. The lowest BCUT2D eigenvalue weighted by Crippen LogP contribution is -2.22. The van der Waals surface area contributed by atoms with Crippen molar-refractivity contribution < 1.29 is 40.8 Å². The number of nitrogens with zero attached hydrogens (tertiary/aromatic N) is 5. The Kier molecular flexibility index (Phi) is 21.4. The molecule has 5 heterocycles. The van der Waals surface area contributed by atoms with E-state index < -0.39 is 49.2 Å². The number of hydrogen-bond acceptors (Lipinski definition) is 17. The molecule has 0 saturated heterocycles. The summed E-state index contributed by atoms with van der Waals surface area (Å²) in [6, 6.07) is 43.4. The van der Waals surface area contributed by atoms with Crippen molar-refractivity contribution >= 4 is 113 Å². The lowest BCUT2D eigenvalue weighted by molar-refractivity contribution is 0.0943.